The number of alkyl halides is 1. The zero-order chi connectivity index (χ0) is 13.9. The SMILES string of the molecule is Cc1cc(N2CCOc3ccccc3C2)ccc1CCl. The summed E-state index contributed by atoms with van der Waals surface area (Å²) in [6, 6.07) is 14.7. The molecule has 0 bridgehead atoms. The molecule has 0 saturated heterocycles. The average Bonchev–Trinajstić information content (AvgIpc) is 2.69. The minimum absolute atomic E-state index is 0.568. The summed E-state index contributed by atoms with van der Waals surface area (Å²) in [5.41, 5.74) is 4.92. The van der Waals surface area contributed by atoms with Crippen LogP contribution in [0.25, 0.3) is 0 Å². The first-order valence-corrected chi connectivity index (χ1v) is 7.42. The van der Waals surface area contributed by atoms with Gasteiger partial charge in [-0.25, -0.2) is 0 Å². The van der Waals surface area contributed by atoms with Gasteiger partial charge in [-0.3, -0.25) is 0 Å². The van der Waals surface area contributed by atoms with Crippen LogP contribution in [0.15, 0.2) is 42.5 Å². The van der Waals surface area contributed by atoms with Crippen LogP contribution in [-0.4, -0.2) is 13.2 Å². The fourth-order valence-electron chi connectivity index (χ4n) is 2.57. The third kappa shape index (κ3) is 2.61. The van der Waals surface area contributed by atoms with Gasteiger partial charge in [0.25, 0.3) is 0 Å². The summed E-state index contributed by atoms with van der Waals surface area (Å²) >= 11 is 5.93. The van der Waals surface area contributed by atoms with Crippen LogP contribution >= 0.6 is 11.6 Å². The molecule has 3 heteroatoms. The summed E-state index contributed by atoms with van der Waals surface area (Å²) in [5, 5.41) is 0. The number of nitrogens with zero attached hydrogens (tertiary/aromatic N) is 1. The molecule has 104 valence electrons. The van der Waals surface area contributed by atoms with Crippen molar-refractivity contribution in [1.29, 1.82) is 0 Å². The van der Waals surface area contributed by atoms with Crippen molar-refractivity contribution in [3.05, 3.63) is 59.2 Å². The molecule has 0 fully saturated rings. The number of ether oxygens (including phenoxy) is 1. The molecule has 0 spiro atoms. The van der Waals surface area contributed by atoms with E-state index >= 15 is 0 Å². The Morgan fingerprint density at radius 3 is 2.85 bits per heavy atom. The van der Waals surface area contributed by atoms with Crippen LogP contribution in [0.4, 0.5) is 5.69 Å². The Hall–Kier alpha value is -1.67. The minimum atomic E-state index is 0.568. The highest BCUT2D eigenvalue weighted by Gasteiger charge is 2.15. The van der Waals surface area contributed by atoms with E-state index in [1.165, 1.54) is 22.4 Å². The first-order chi connectivity index (χ1) is 9.78. The molecule has 0 unspecified atom stereocenters. The highest BCUT2D eigenvalue weighted by atomic mass is 35.5. The van der Waals surface area contributed by atoms with Gasteiger partial charge in [0, 0.05) is 23.7 Å². The lowest BCUT2D eigenvalue weighted by Gasteiger charge is -2.23. The molecule has 3 rings (SSSR count). The Morgan fingerprint density at radius 2 is 2.05 bits per heavy atom. The Labute approximate surface area is 124 Å². The number of benzene rings is 2. The van der Waals surface area contributed by atoms with Gasteiger partial charge < -0.3 is 9.64 Å². The van der Waals surface area contributed by atoms with Crippen LogP contribution in [0, 0.1) is 6.92 Å². The molecule has 0 saturated carbocycles. The number of aryl methyl sites for hydroxylation is 1. The predicted molar refractivity (Wildman–Crippen MR) is 83.7 cm³/mol. The molecule has 0 atom stereocenters. The van der Waals surface area contributed by atoms with E-state index in [4.69, 9.17) is 16.3 Å². The molecule has 2 aromatic carbocycles. The predicted octanol–water partition coefficient (Wildman–Crippen LogP) is 4.13. The number of para-hydroxylation sites is 1. The van der Waals surface area contributed by atoms with E-state index in [0.29, 0.717) is 12.5 Å². The fourth-order valence-corrected chi connectivity index (χ4v) is 2.87. The van der Waals surface area contributed by atoms with Crippen molar-refractivity contribution in [2.75, 3.05) is 18.1 Å². The second-order valence-electron chi connectivity index (χ2n) is 5.12. The maximum absolute atomic E-state index is 5.93. The van der Waals surface area contributed by atoms with Crippen LogP contribution in [0.3, 0.4) is 0 Å². The van der Waals surface area contributed by atoms with Gasteiger partial charge in [-0.05, 0) is 36.2 Å². The van der Waals surface area contributed by atoms with Gasteiger partial charge in [0.2, 0.25) is 0 Å². The molecule has 0 aromatic heterocycles. The smallest absolute Gasteiger partial charge is 0.124 e. The third-order valence-electron chi connectivity index (χ3n) is 3.79. The Morgan fingerprint density at radius 1 is 1.20 bits per heavy atom. The Balaban J connectivity index is 1.89. The van der Waals surface area contributed by atoms with Gasteiger partial charge in [-0.2, -0.15) is 0 Å². The highest BCUT2D eigenvalue weighted by Crippen LogP contribution is 2.27. The van der Waals surface area contributed by atoms with Gasteiger partial charge in [0.05, 0.1) is 6.54 Å². The molecule has 0 N–H and O–H groups in total. The van der Waals surface area contributed by atoms with Crippen molar-refractivity contribution in [2.24, 2.45) is 0 Å². The van der Waals surface area contributed by atoms with Crippen molar-refractivity contribution in [2.45, 2.75) is 19.3 Å². The number of halogens is 1. The van der Waals surface area contributed by atoms with E-state index in [-0.39, 0.29) is 0 Å². The molecule has 0 amide bonds. The number of fused-ring (bicyclic) bond motifs is 1. The number of rotatable bonds is 2. The van der Waals surface area contributed by atoms with Crippen LogP contribution in [0.2, 0.25) is 0 Å². The molecule has 1 aliphatic heterocycles. The molecule has 1 heterocycles. The Bertz CT molecular complexity index is 612. The maximum atomic E-state index is 5.93. The second-order valence-corrected chi connectivity index (χ2v) is 5.39. The largest absolute Gasteiger partial charge is 0.491 e. The summed E-state index contributed by atoms with van der Waals surface area (Å²) in [4.78, 5) is 2.36. The van der Waals surface area contributed by atoms with Crippen LogP contribution in [0.1, 0.15) is 16.7 Å². The standard InChI is InChI=1S/C17H18ClNO/c1-13-10-16(7-6-14(13)11-18)19-8-9-20-17-5-3-2-4-15(17)12-19/h2-7,10H,8-9,11-12H2,1H3. The quantitative estimate of drug-likeness (QED) is 0.770. The first-order valence-electron chi connectivity index (χ1n) is 6.89. The van der Waals surface area contributed by atoms with Gasteiger partial charge in [-0.1, -0.05) is 24.3 Å². The van der Waals surface area contributed by atoms with Gasteiger partial charge in [0.15, 0.2) is 0 Å². The van der Waals surface area contributed by atoms with Crippen molar-refractivity contribution >= 4 is 17.3 Å². The number of hydrogen-bond acceptors (Lipinski definition) is 2. The van der Waals surface area contributed by atoms with Gasteiger partial charge in [0.1, 0.15) is 12.4 Å². The van der Waals surface area contributed by atoms with E-state index in [2.05, 4.69) is 42.2 Å². The zero-order valence-electron chi connectivity index (χ0n) is 11.6. The molecule has 0 radical (unpaired) electrons. The summed E-state index contributed by atoms with van der Waals surface area (Å²) in [5.74, 6) is 1.57. The van der Waals surface area contributed by atoms with Crippen molar-refractivity contribution < 1.29 is 4.74 Å². The number of anilines is 1. The Kier molecular flexibility index (Phi) is 3.83. The van der Waals surface area contributed by atoms with Crippen molar-refractivity contribution in [3.8, 4) is 5.75 Å². The van der Waals surface area contributed by atoms with Crippen LogP contribution < -0.4 is 9.64 Å². The highest BCUT2D eigenvalue weighted by molar-refractivity contribution is 6.17. The van der Waals surface area contributed by atoms with Crippen LogP contribution in [-0.2, 0) is 12.4 Å². The molecule has 20 heavy (non-hydrogen) atoms. The first kappa shape index (κ1) is 13.3. The summed E-state index contributed by atoms with van der Waals surface area (Å²) < 4.78 is 5.81. The summed E-state index contributed by atoms with van der Waals surface area (Å²) in [6.45, 7) is 4.61. The zero-order valence-corrected chi connectivity index (χ0v) is 12.4. The molecule has 2 nitrogen and oxygen atoms in total. The molecule has 0 aliphatic carbocycles. The topological polar surface area (TPSA) is 12.5 Å². The minimum Gasteiger partial charge on any atom is -0.491 e. The van der Waals surface area contributed by atoms with E-state index in [0.717, 1.165) is 18.8 Å². The number of hydrogen-bond donors (Lipinski definition) is 0. The monoisotopic (exact) mass is 287 g/mol. The molecule has 2 aromatic rings. The fraction of sp³-hybridized carbons (Fsp3) is 0.294. The lowest BCUT2D eigenvalue weighted by molar-refractivity contribution is 0.331. The van der Waals surface area contributed by atoms with Gasteiger partial charge >= 0.3 is 0 Å². The summed E-state index contributed by atoms with van der Waals surface area (Å²) in [6.07, 6.45) is 0. The lowest BCUT2D eigenvalue weighted by Crippen LogP contribution is -2.25. The normalized spacial score (nSPS) is 14.4. The van der Waals surface area contributed by atoms with E-state index in [9.17, 15) is 0 Å². The van der Waals surface area contributed by atoms with E-state index < -0.39 is 0 Å². The van der Waals surface area contributed by atoms with E-state index in [1.807, 2.05) is 12.1 Å². The van der Waals surface area contributed by atoms with E-state index in [1.54, 1.807) is 0 Å². The molecule has 1 aliphatic rings. The maximum Gasteiger partial charge on any atom is 0.124 e. The van der Waals surface area contributed by atoms with Crippen molar-refractivity contribution in [1.82, 2.24) is 0 Å². The molecular formula is C17H18ClNO. The average molecular weight is 288 g/mol. The van der Waals surface area contributed by atoms with Crippen LogP contribution in [0.5, 0.6) is 5.75 Å². The second kappa shape index (κ2) is 5.76. The molecular weight excluding hydrogens is 270 g/mol. The van der Waals surface area contributed by atoms with Gasteiger partial charge in [-0.15, -0.1) is 11.6 Å². The third-order valence-corrected chi connectivity index (χ3v) is 4.08. The lowest BCUT2D eigenvalue weighted by atomic mass is 10.1. The van der Waals surface area contributed by atoms with Crippen molar-refractivity contribution in [3.63, 3.8) is 0 Å². The summed E-state index contributed by atoms with van der Waals surface area (Å²) in [7, 11) is 0.